The zero-order valence-electron chi connectivity index (χ0n) is 16.7. The van der Waals surface area contributed by atoms with Gasteiger partial charge in [-0.05, 0) is 35.4 Å². The second-order valence-corrected chi connectivity index (χ2v) is 7.76. The summed E-state index contributed by atoms with van der Waals surface area (Å²) in [6, 6.07) is 36.4. The van der Waals surface area contributed by atoms with Gasteiger partial charge < -0.3 is 0 Å². The van der Waals surface area contributed by atoms with Gasteiger partial charge in [-0.2, -0.15) is 0 Å². The molecule has 5 aromatic carbocycles. The Kier molecular flexibility index (Phi) is 3.72. The van der Waals surface area contributed by atoms with E-state index >= 15 is 0 Å². The number of fused-ring (bicyclic) bond motifs is 6. The van der Waals surface area contributed by atoms with E-state index in [1.165, 1.54) is 27.1 Å². The van der Waals surface area contributed by atoms with Crippen LogP contribution in [0.15, 0.2) is 103 Å². The minimum atomic E-state index is 0.970. The molecule has 6 aromatic rings. The van der Waals surface area contributed by atoms with Crippen LogP contribution in [0.25, 0.3) is 49.7 Å². The lowest BCUT2D eigenvalue weighted by atomic mass is 10.00. The summed E-state index contributed by atoms with van der Waals surface area (Å²) in [5.41, 5.74) is 5.69. The van der Waals surface area contributed by atoms with Gasteiger partial charge >= 0.3 is 0 Å². The number of hydrogen-bond acceptors (Lipinski definition) is 1. The van der Waals surface area contributed by atoms with E-state index in [4.69, 9.17) is 4.98 Å². The Bertz CT molecular complexity index is 1540. The van der Waals surface area contributed by atoms with Crippen LogP contribution < -0.4 is 0 Å². The molecule has 0 saturated heterocycles. The number of rotatable bonds is 2. The maximum atomic E-state index is 5.23. The van der Waals surface area contributed by atoms with Gasteiger partial charge in [0.05, 0.1) is 11.0 Å². The summed E-state index contributed by atoms with van der Waals surface area (Å²) in [5.74, 6) is 0.970. The highest BCUT2D eigenvalue weighted by atomic mass is 15.1. The van der Waals surface area contributed by atoms with Crippen molar-refractivity contribution in [1.29, 1.82) is 0 Å². The van der Waals surface area contributed by atoms with E-state index < -0.39 is 0 Å². The molecule has 0 atom stereocenters. The van der Waals surface area contributed by atoms with Crippen LogP contribution in [0.3, 0.4) is 0 Å². The zero-order valence-corrected chi connectivity index (χ0v) is 16.7. The summed E-state index contributed by atoms with van der Waals surface area (Å²) in [5, 5.41) is 4.92. The predicted octanol–water partition coefficient (Wildman–Crippen LogP) is 7.31. The van der Waals surface area contributed by atoms with E-state index in [1.54, 1.807) is 0 Å². The Balaban J connectivity index is 1.89. The summed E-state index contributed by atoms with van der Waals surface area (Å²) >= 11 is 0. The van der Waals surface area contributed by atoms with Crippen LogP contribution in [-0.2, 0) is 0 Å². The van der Waals surface area contributed by atoms with Crippen LogP contribution in [0.2, 0.25) is 0 Å². The number of hydrogen-bond donors (Lipinski definition) is 0. The van der Waals surface area contributed by atoms with Crippen LogP contribution >= 0.6 is 0 Å². The second-order valence-electron chi connectivity index (χ2n) is 7.76. The number of imidazole rings is 1. The van der Waals surface area contributed by atoms with E-state index in [-0.39, 0.29) is 0 Å². The number of benzene rings is 5. The Hall–Kier alpha value is -3.91. The van der Waals surface area contributed by atoms with Gasteiger partial charge in [-0.1, -0.05) is 91.0 Å². The monoisotopic (exact) mass is 384 g/mol. The number of nitrogens with zero attached hydrogens (tertiary/aromatic N) is 2. The average Bonchev–Trinajstić information content (AvgIpc) is 3.21. The molecule has 0 N–H and O–H groups in total. The molecule has 0 radical (unpaired) electrons. The van der Waals surface area contributed by atoms with E-state index in [9.17, 15) is 0 Å². The zero-order chi connectivity index (χ0) is 20.1. The topological polar surface area (TPSA) is 17.8 Å². The standard InChI is InChI=1S/C28H20N2/c1-19-10-9-13-21(18-19)30-27-25-17-8-6-15-23(25)22-14-5-7-16-24(22)26(27)29-28(30)20-11-3-2-4-12-20/h2-18H,1H3. The van der Waals surface area contributed by atoms with Crippen molar-refractivity contribution in [3.63, 3.8) is 0 Å². The molecule has 0 unspecified atom stereocenters. The Morgan fingerprint density at radius 1 is 0.600 bits per heavy atom. The van der Waals surface area contributed by atoms with Crippen molar-refractivity contribution in [2.24, 2.45) is 0 Å². The average molecular weight is 384 g/mol. The highest BCUT2D eigenvalue weighted by molar-refractivity contribution is 6.24. The third kappa shape index (κ3) is 2.47. The first kappa shape index (κ1) is 17.0. The van der Waals surface area contributed by atoms with E-state index in [0.29, 0.717) is 0 Å². The summed E-state index contributed by atoms with van der Waals surface area (Å²) in [4.78, 5) is 5.23. The fourth-order valence-electron chi connectivity index (χ4n) is 4.50. The normalized spacial score (nSPS) is 11.5. The van der Waals surface area contributed by atoms with E-state index in [2.05, 4.69) is 109 Å². The minimum absolute atomic E-state index is 0.970. The molecule has 0 saturated carbocycles. The lowest BCUT2D eigenvalue weighted by Gasteiger charge is -2.13. The molecule has 0 fully saturated rings. The molecule has 30 heavy (non-hydrogen) atoms. The first-order valence-corrected chi connectivity index (χ1v) is 10.3. The molecule has 2 heteroatoms. The highest BCUT2D eigenvalue weighted by Crippen LogP contribution is 2.38. The van der Waals surface area contributed by atoms with Crippen molar-refractivity contribution >= 4 is 32.6 Å². The molecular formula is C28H20N2. The van der Waals surface area contributed by atoms with Gasteiger partial charge in [0.1, 0.15) is 5.82 Å². The molecule has 0 amide bonds. The molecule has 142 valence electrons. The molecule has 0 aliphatic heterocycles. The molecular weight excluding hydrogens is 364 g/mol. The number of aryl methyl sites for hydroxylation is 1. The van der Waals surface area contributed by atoms with E-state index in [0.717, 1.165) is 28.1 Å². The maximum absolute atomic E-state index is 5.23. The molecule has 0 aliphatic carbocycles. The van der Waals surface area contributed by atoms with Crippen LogP contribution in [-0.4, -0.2) is 9.55 Å². The predicted molar refractivity (Wildman–Crippen MR) is 126 cm³/mol. The van der Waals surface area contributed by atoms with Gasteiger partial charge in [0, 0.05) is 22.0 Å². The molecule has 6 rings (SSSR count). The van der Waals surface area contributed by atoms with Crippen LogP contribution in [0.1, 0.15) is 5.56 Å². The van der Waals surface area contributed by atoms with Crippen molar-refractivity contribution in [2.75, 3.05) is 0 Å². The van der Waals surface area contributed by atoms with E-state index in [1.807, 2.05) is 6.07 Å². The first-order chi connectivity index (χ1) is 14.8. The van der Waals surface area contributed by atoms with Gasteiger partial charge in [-0.3, -0.25) is 4.57 Å². The molecule has 0 aliphatic rings. The summed E-state index contributed by atoms with van der Waals surface area (Å²) in [6.45, 7) is 2.14. The number of aromatic nitrogens is 2. The maximum Gasteiger partial charge on any atom is 0.145 e. The quantitative estimate of drug-likeness (QED) is 0.286. The van der Waals surface area contributed by atoms with Gasteiger partial charge in [0.2, 0.25) is 0 Å². The summed E-state index contributed by atoms with van der Waals surface area (Å²) < 4.78 is 2.33. The minimum Gasteiger partial charge on any atom is -0.292 e. The summed E-state index contributed by atoms with van der Waals surface area (Å²) in [7, 11) is 0. The van der Waals surface area contributed by atoms with Gasteiger partial charge in [0.15, 0.2) is 0 Å². The molecule has 2 nitrogen and oxygen atoms in total. The van der Waals surface area contributed by atoms with Crippen molar-refractivity contribution in [3.05, 3.63) is 109 Å². The Morgan fingerprint density at radius 3 is 1.97 bits per heavy atom. The Labute approximate surface area is 175 Å². The smallest absolute Gasteiger partial charge is 0.145 e. The lowest BCUT2D eigenvalue weighted by molar-refractivity contribution is 1.10. The third-order valence-corrected chi connectivity index (χ3v) is 5.82. The second kappa shape index (κ2) is 6.57. The van der Waals surface area contributed by atoms with Crippen molar-refractivity contribution in [1.82, 2.24) is 9.55 Å². The first-order valence-electron chi connectivity index (χ1n) is 10.3. The largest absolute Gasteiger partial charge is 0.292 e. The molecule has 0 bridgehead atoms. The van der Waals surface area contributed by atoms with Gasteiger partial charge in [-0.15, -0.1) is 0 Å². The van der Waals surface area contributed by atoms with Crippen LogP contribution in [0.4, 0.5) is 0 Å². The summed E-state index contributed by atoms with van der Waals surface area (Å²) in [6.07, 6.45) is 0. The molecule has 1 aromatic heterocycles. The third-order valence-electron chi connectivity index (χ3n) is 5.82. The molecule has 0 spiro atoms. The Morgan fingerprint density at radius 2 is 1.23 bits per heavy atom. The fourth-order valence-corrected chi connectivity index (χ4v) is 4.50. The molecule has 1 heterocycles. The van der Waals surface area contributed by atoms with Crippen LogP contribution in [0.5, 0.6) is 0 Å². The lowest BCUT2D eigenvalue weighted by Crippen LogP contribution is -1.98. The highest BCUT2D eigenvalue weighted by Gasteiger charge is 2.19. The van der Waals surface area contributed by atoms with Crippen LogP contribution in [0, 0.1) is 6.92 Å². The van der Waals surface area contributed by atoms with Gasteiger partial charge in [0.25, 0.3) is 0 Å². The van der Waals surface area contributed by atoms with Crippen molar-refractivity contribution < 1.29 is 0 Å². The van der Waals surface area contributed by atoms with Gasteiger partial charge in [-0.25, -0.2) is 4.98 Å². The van der Waals surface area contributed by atoms with Crippen molar-refractivity contribution in [2.45, 2.75) is 6.92 Å². The van der Waals surface area contributed by atoms with Crippen molar-refractivity contribution in [3.8, 4) is 17.1 Å². The fraction of sp³-hybridized carbons (Fsp3) is 0.0357. The SMILES string of the molecule is Cc1cccc(-n2c(-c3ccccc3)nc3c4ccccc4c4ccccc4c32)c1.